The lowest BCUT2D eigenvalue weighted by Crippen LogP contribution is -2.44. The van der Waals surface area contributed by atoms with Crippen molar-refractivity contribution in [3.8, 4) is 0 Å². The van der Waals surface area contributed by atoms with Crippen molar-refractivity contribution in [2.45, 2.75) is 24.4 Å². The lowest BCUT2D eigenvalue weighted by Gasteiger charge is -2.14. The molecule has 3 aromatic rings. The molecular weight excluding hydrogens is 433 g/mol. The van der Waals surface area contributed by atoms with Gasteiger partial charge < -0.3 is 10.6 Å². The molecule has 3 rings (SSSR count). The van der Waals surface area contributed by atoms with E-state index >= 15 is 0 Å². The summed E-state index contributed by atoms with van der Waals surface area (Å²) in [6, 6.07) is 18.7. The summed E-state index contributed by atoms with van der Waals surface area (Å²) in [5.74, 6) is -1.33. The van der Waals surface area contributed by atoms with Crippen LogP contribution in [0.3, 0.4) is 0 Å². The van der Waals surface area contributed by atoms with Crippen LogP contribution in [-0.4, -0.2) is 26.3 Å². The molecule has 0 saturated heterocycles. The number of amides is 2. The Morgan fingerprint density at radius 2 is 1.53 bits per heavy atom. The van der Waals surface area contributed by atoms with Gasteiger partial charge in [-0.05, 0) is 61.0 Å². The Bertz CT molecular complexity index is 1180. The number of carbonyl (C=O) groups excluding carboxylic acids is 2. The smallest absolute Gasteiger partial charge is 0.261 e. The van der Waals surface area contributed by atoms with Crippen LogP contribution in [0, 0.1) is 5.82 Å². The summed E-state index contributed by atoms with van der Waals surface area (Å²) in [5.41, 5.74) is 1.35. The van der Waals surface area contributed by atoms with Gasteiger partial charge in [0.2, 0.25) is 5.91 Å². The quantitative estimate of drug-likeness (QED) is 0.486. The van der Waals surface area contributed by atoms with Crippen LogP contribution in [0.4, 0.5) is 10.1 Å². The molecule has 0 aliphatic carbocycles. The van der Waals surface area contributed by atoms with E-state index < -0.39 is 27.8 Å². The van der Waals surface area contributed by atoms with Crippen molar-refractivity contribution in [3.63, 3.8) is 0 Å². The van der Waals surface area contributed by atoms with Gasteiger partial charge in [0.15, 0.2) is 0 Å². The normalized spacial score (nSPS) is 11.9. The van der Waals surface area contributed by atoms with Gasteiger partial charge in [-0.1, -0.05) is 30.3 Å². The van der Waals surface area contributed by atoms with Crippen molar-refractivity contribution in [3.05, 3.63) is 95.8 Å². The summed E-state index contributed by atoms with van der Waals surface area (Å²) in [6.07, 6.45) is 0. The zero-order chi connectivity index (χ0) is 23.1. The van der Waals surface area contributed by atoms with E-state index in [-0.39, 0.29) is 22.1 Å². The fourth-order valence-electron chi connectivity index (χ4n) is 2.80. The second-order valence-electron chi connectivity index (χ2n) is 7.04. The van der Waals surface area contributed by atoms with Crippen LogP contribution in [0.15, 0.2) is 83.8 Å². The Kier molecular flexibility index (Phi) is 7.21. The minimum atomic E-state index is -3.91. The Labute approximate surface area is 185 Å². The van der Waals surface area contributed by atoms with Crippen LogP contribution in [0.1, 0.15) is 22.8 Å². The standard InChI is InChI=1S/C23H22FN3O4S/c1-16(22(28)25-15-17-5-3-2-4-6-17)26-23(29)18-7-13-21(14-8-18)32(30,31)27-20-11-9-19(24)10-12-20/h2-14,16,27H,15H2,1H3,(H,25,28)(H,26,29). The monoisotopic (exact) mass is 455 g/mol. The zero-order valence-electron chi connectivity index (χ0n) is 17.2. The average molecular weight is 456 g/mol. The molecule has 0 spiro atoms. The number of hydrogen-bond acceptors (Lipinski definition) is 4. The van der Waals surface area contributed by atoms with Crippen molar-refractivity contribution in [2.24, 2.45) is 0 Å². The third kappa shape index (κ3) is 6.14. The first-order chi connectivity index (χ1) is 15.2. The Morgan fingerprint density at radius 1 is 0.906 bits per heavy atom. The lowest BCUT2D eigenvalue weighted by atomic mass is 10.2. The van der Waals surface area contributed by atoms with Crippen LogP contribution in [0.25, 0.3) is 0 Å². The Morgan fingerprint density at radius 3 is 2.16 bits per heavy atom. The third-order valence-corrected chi connectivity index (χ3v) is 5.97. The lowest BCUT2D eigenvalue weighted by molar-refractivity contribution is -0.122. The summed E-state index contributed by atoms with van der Waals surface area (Å²) < 4.78 is 40.3. The molecule has 7 nitrogen and oxygen atoms in total. The molecule has 0 aliphatic heterocycles. The molecule has 0 aliphatic rings. The largest absolute Gasteiger partial charge is 0.350 e. The molecule has 0 aromatic heterocycles. The number of hydrogen-bond donors (Lipinski definition) is 3. The SMILES string of the molecule is CC(NC(=O)c1ccc(S(=O)(=O)Nc2ccc(F)cc2)cc1)C(=O)NCc1ccccc1. The molecule has 3 aromatic carbocycles. The van der Waals surface area contributed by atoms with Gasteiger partial charge in [-0.2, -0.15) is 0 Å². The van der Waals surface area contributed by atoms with Crippen LogP contribution < -0.4 is 15.4 Å². The number of halogens is 1. The molecule has 3 N–H and O–H groups in total. The average Bonchev–Trinajstić information content (AvgIpc) is 2.79. The zero-order valence-corrected chi connectivity index (χ0v) is 18.0. The van der Waals surface area contributed by atoms with Gasteiger partial charge in [-0.15, -0.1) is 0 Å². The van der Waals surface area contributed by atoms with E-state index in [0.717, 1.165) is 17.7 Å². The molecule has 0 heterocycles. The van der Waals surface area contributed by atoms with Gasteiger partial charge in [-0.3, -0.25) is 14.3 Å². The highest BCUT2D eigenvalue weighted by Crippen LogP contribution is 2.17. The predicted molar refractivity (Wildman–Crippen MR) is 119 cm³/mol. The van der Waals surface area contributed by atoms with E-state index in [0.29, 0.717) is 6.54 Å². The first-order valence-electron chi connectivity index (χ1n) is 9.75. The summed E-state index contributed by atoms with van der Waals surface area (Å²) in [7, 11) is -3.91. The molecule has 1 unspecified atom stereocenters. The highest BCUT2D eigenvalue weighted by Gasteiger charge is 2.18. The van der Waals surface area contributed by atoms with E-state index in [2.05, 4.69) is 15.4 Å². The maximum absolute atomic E-state index is 13.0. The topological polar surface area (TPSA) is 104 Å². The molecule has 166 valence electrons. The van der Waals surface area contributed by atoms with E-state index in [1.807, 2.05) is 30.3 Å². The van der Waals surface area contributed by atoms with Gasteiger partial charge >= 0.3 is 0 Å². The highest BCUT2D eigenvalue weighted by molar-refractivity contribution is 7.92. The fraction of sp³-hybridized carbons (Fsp3) is 0.130. The molecule has 0 bridgehead atoms. The summed E-state index contributed by atoms with van der Waals surface area (Å²) in [5, 5.41) is 5.33. The van der Waals surface area contributed by atoms with Gasteiger partial charge in [-0.25, -0.2) is 12.8 Å². The second kappa shape index (κ2) is 10.1. The fourth-order valence-corrected chi connectivity index (χ4v) is 3.86. The number of nitrogens with one attached hydrogen (secondary N) is 3. The van der Waals surface area contributed by atoms with Crippen molar-refractivity contribution in [1.82, 2.24) is 10.6 Å². The maximum atomic E-state index is 13.0. The number of benzene rings is 3. The van der Waals surface area contributed by atoms with Gasteiger partial charge in [0.05, 0.1) is 4.90 Å². The number of anilines is 1. The van der Waals surface area contributed by atoms with Crippen LogP contribution >= 0.6 is 0 Å². The summed E-state index contributed by atoms with van der Waals surface area (Å²) >= 11 is 0. The molecular formula is C23H22FN3O4S. The van der Waals surface area contributed by atoms with Crippen LogP contribution in [0.2, 0.25) is 0 Å². The molecule has 2 amide bonds. The van der Waals surface area contributed by atoms with Crippen molar-refractivity contribution in [1.29, 1.82) is 0 Å². The first kappa shape index (κ1) is 23.0. The molecule has 0 radical (unpaired) electrons. The number of rotatable bonds is 8. The molecule has 0 saturated carbocycles. The number of sulfonamides is 1. The minimum absolute atomic E-state index is 0.0629. The Balaban J connectivity index is 1.58. The molecule has 9 heteroatoms. The van der Waals surface area contributed by atoms with Gasteiger partial charge in [0, 0.05) is 17.8 Å². The molecule has 0 fully saturated rings. The summed E-state index contributed by atoms with van der Waals surface area (Å²) in [6.45, 7) is 1.90. The number of carbonyl (C=O) groups is 2. The van der Waals surface area contributed by atoms with Gasteiger partial charge in [0.25, 0.3) is 15.9 Å². The highest BCUT2D eigenvalue weighted by atomic mass is 32.2. The third-order valence-electron chi connectivity index (χ3n) is 4.57. The summed E-state index contributed by atoms with van der Waals surface area (Å²) in [4.78, 5) is 24.6. The van der Waals surface area contributed by atoms with E-state index in [1.165, 1.54) is 36.4 Å². The van der Waals surface area contributed by atoms with Crippen molar-refractivity contribution in [2.75, 3.05) is 4.72 Å². The molecule has 32 heavy (non-hydrogen) atoms. The minimum Gasteiger partial charge on any atom is -0.350 e. The van der Waals surface area contributed by atoms with E-state index in [4.69, 9.17) is 0 Å². The Hall–Kier alpha value is -3.72. The van der Waals surface area contributed by atoms with Crippen molar-refractivity contribution < 1.29 is 22.4 Å². The molecule has 1 atom stereocenters. The van der Waals surface area contributed by atoms with Crippen LogP contribution in [0.5, 0.6) is 0 Å². The van der Waals surface area contributed by atoms with Gasteiger partial charge in [0.1, 0.15) is 11.9 Å². The van der Waals surface area contributed by atoms with E-state index in [1.54, 1.807) is 6.92 Å². The first-order valence-corrected chi connectivity index (χ1v) is 11.2. The van der Waals surface area contributed by atoms with E-state index in [9.17, 15) is 22.4 Å². The van der Waals surface area contributed by atoms with Crippen LogP contribution in [-0.2, 0) is 21.4 Å². The predicted octanol–water partition coefficient (Wildman–Crippen LogP) is 3.06. The second-order valence-corrected chi connectivity index (χ2v) is 8.72. The van der Waals surface area contributed by atoms with Crippen molar-refractivity contribution >= 4 is 27.5 Å². The maximum Gasteiger partial charge on any atom is 0.261 e.